The van der Waals surface area contributed by atoms with Gasteiger partial charge in [0.25, 0.3) is 0 Å². The van der Waals surface area contributed by atoms with Gasteiger partial charge < -0.3 is 14.8 Å². The fourth-order valence-electron chi connectivity index (χ4n) is 3.28. The molecule has 3 aromatic carbocycles. The summed E-state index contributed by atoms with van der Waals surface area (Å²) in [6.45, 7) is 2.09. The number of esters is 1. The Bertz CT molecular complexity index is 1170. The van der Waals surface area contributed by atoms with E-state index in [0.717, 1.165) is 33.1 Å². The molecule has 1 aromatic heterocycles. The van der Waals surface area contributed by atoms with Gasteiger partial charge in [0.15, 0.2) is 0 Å². The minimum atomic E-state index is -0.407. The van der Waals surface area contributed by atoms with E-state index in [4.69, 9.17) is 9.47 Å². The van der Waals surface area contributed by atoms with E-state index in [2.05, 4.69) is 10.3 Å². The molecule has 0 aliphatic heterocycles. The van der Waals surface area contributed by atoms with Crippen LogP contribution >= 0.6 is 0 Å². The molecule has 5 nitrogen and oxygen atoms in total. The van der Waals surface area contributed by atoms with Gasteiger partial charge in [0.1, 0.15) is 11.3 Å². The standard InChI is InChI=1S/C23H20N2O3/c1-3-28-23(26)20-14-24-21-18-10-5-4-7-15(18)11-12-19(21)22(20)25-16-8-6-9-17(13-16)27-2/h4-14H,3H2,1-2H3,(H,24,25). The van der Waals surface area contributed by atoms with E-state index in [-0.39, 0.29) is 0 Å². The zero-order chi connectivity index (χ0) is 19.5. The summed E-state index contributed by atoms with van der Waals surface area (Å²) in [5.41, 5.74) is 2.71. The van der Waals surface area contributed by atoms with Crippen molar-refractivity contribution in [3.05, 3.63) is 72.4 Å². The Hall–Kier alpha value is -3.60. The highest BCUT2D eigenvalue weighted by atomic mass is 16.5. The van der Waals surface area contributed by atoms with Crippen molar-refractivity contribution in [2.24, 2.45) is 0 Å². The molecule has 0 bridgehead atoms. The number of carbonyl (C=O) groups excluding carboxylic acids is 1. The lowest BCUT2D eigenvalue weighted by atomic mass is 10.0. The summed E-state index contributed by atoms with van der Waals surface area (Å²) in [6, 6.07) is 19.6. The Morgan fingerprint density at radius 1 is 1.04 bits per heavy atom. The molecular formula is C23H20N2O3. The smallest absolute Gasteiger partial charge is 0.341 e. The van der Waals surface area contributed by atoms with Crippen molar-refractivity contribution in [2.45, 2.75) is 6.92 Å². The SMILES string of the molecule is CCOC(=O)c1cnc2c(ccc3ccccc32)c1Nc1cccc(OC)c1. The fourth-order valence-corrected chi connectivity index (χ4v) is 3.28. The number of fused-ring (bicyclic) bond motifs is 3. The Morgan fingerprint density at radius 3 is 2.71 bits per heavy atom. The lowest BCUT2D eigenvalue weighted by molar-refractivity contribution is 0.0527. The van der Waals surface area contributed by atoms with Crippen molar-refractivity contribution in [2.75, 3.05) is 19.0 Å². The van der Waals surface area contributed by atoms with Gasteiger partial charge in [-0.3, -0.25) is 4.98 Å². The highest BCUT2D eigenvalue weighted by Crippen LogP contribution is 2.34. The highest BCUT2D eigenvalue weighted by molar-refractivity contribution is 6.13. The van der Waals surface area contributed by atoms with Crippen LogP contribution in [0, 0.1) is 0 Å². The predicted octanol–water partition coefficient (Wildman–Crippen LogP) is 5.32. The van der Waals surface area contributed by atoms with Gasteiger partial charge in [0.2, 0.25) is 0 Å². The molecule has 0 radical (unpaired) electrons. The number of pyridine rings is 1. The van der Waals surface area contributed by atoms with Crippen LogP contribution in [0.3, 0.4) is 0 Å². The second-order valence-corrected chi connectivity index (χ2v) is 6.31. The monoisotopic (exact) mass is 372 g/mol. The number of rotatable bonds is 5. The number of carbonyl (C=O) groups is 1. The maximum Gasteiger partial charge on any atom is 0.341 e. The molecule has 0 atom stereocenters. The van der Waals surface area contributed by atoms with Gasteiger partial charge in [0, 0.05) is 28.7 Å². The highest BCUT2D eigenvalue weighted by Gasteiger charge is 2.18. The molecule has 140 valence electrons. The van der Waals surface area contributed by atoms with Crippen molar-refractivity contribution in [3.8, 4) is 5.75 Å². The lowest BCUT2D eigenvalue weighted by Gasteiger charge is -2.15. The van der Waals surface area contributed by atoms with Crippen LogP contribution in [-0.4, -0.2) is 24.7 Å². The van der Waals surface area contributed by atoms with Crippen LogP contribution in [0.2, 0.25) is 0 Å². The van der Waals surface area contributed by atoms with Crippen LogP contribution < -0.4 is 10.1 Å². The molecule has 0 saturated carbocycles. The van der Waals surface area contributed by atoms with Gasteiger partial charge in [0.05, 0.1) is 24.9 Å². The molecule has 4 aromatic rings. The third-order valence-electron chi connectivity index (χ3n) is 4.60. The van der Waals surface area contributed by atoms with Gasteiger partial charge >= 0.3 is 5.97 Å². The number of ether oxygens (including phenoxy) is 2. The van der Waals surface area contributed by atoms with Crippen molar-refractivity contribution in [3.63, 3.8) is 0 Å². The van der Waals surface area contributed by atoms with Gasteiger partial charge in [-0.2, -0.15) is 0 Å². The van der Waals surface area contributed by atoms with Crippen LogP contribution in [0.25, 0.3) is 21.7 Å². The van der Waals surface area contributed by atoms with E-state index in [1.54, 1.807) is 20.2 Å². The summed E-state index contributed by atoms with van der Waals surface area (Å²) in [5.74, 6) is 0.321. The lowest BCUT2D eigenvalue weighted by Crippen LogP contribution is -2.09. The van der Waals surface area contributed by atoms with E-state index >= 15 is 0 Å². The number of aromatic nitrogens is 1. The van der Waals surface area contributed by atoms with E-state index in [9.17, 15) is 4.79 Å². The summed E-state index contributed by atoms with van der Waals surface area (Å²) in [5, 5.41) is 6.35. The molecule has 28 heavy (non-hydrogen) atoms. The summed E-state index contributed by atoms with van der Waals surface area (Å²) < 4.78 is 10.6. The molecule has 1 N–H and O–H groups in total. The normalized spacial score (nSPS) is 10.8. The zero-order valence-electron chi connectivity index (χ0n) is 15.7. The fraction of sp³-hybridized carbons (Fsp3) is 0.130. The van der Waals surface area contributed by atoms with Crippen LogP contribution in [0.4, 0.5) is 11.4 Å². The molecule has 0 fully saturated rings. The average Bonchev–Trinajstić information content (AvgIpc) is 2.74. The minimum absolute atomic E-state index is 0.299. The average molecular weight is 372 g/mol. The Labute approximate surface area is 162 Å². The summed E-state index contributed by atoms with van der Waals surface area (Å²) in [4.78, 5) is 17.1. The molecule has 0 aliphatic rings. The Balaban J connectivity index is 1.94. The van der Waals surface area contributed by atoms with Crippen LogP contribution in [0.15, 0.2) is 66.9 Å². The number of hydrogen-bond donors (Lipinski definition) is 1. The molecule has 0 saturated heterocycles. The topological polar surface area (TPSA) is 60.5 Å². The van der Waals surface area contributed by atoms with E-state index in [1.165, 1.54) is 0 Å². The van der Waals surface area contributed by atoms with Gasteiger partial charge in [-0.1, -0.05) is 42.5 Å². The van der Waals surface area contributed by atoms with Crippen LogP contribution in [0.5, 0.6) is 5.75 Å². The molecule has 4 rings (SSSR count). The third-order valence-corrected chi connectivity index (χ3v) is 4.60. The maximum atomic E-state index is 12.6. The van der Waals surface area contributed by atoms with Gasteiger partial charge in [-0.15, -0.1) is 0 Å². The van der Waals surface area contributed by atoms with E-state index < -0.39 is 5.97 Å². The largest absolute Gasteiger partial charge is 0.497 e. The van der Waals surface area contributed by atoms with E-state index in [0.29, 0.717) is 17.9 Å². The second kappa shape index (κ2) is 7.56. The van der Waals surface area contributed by atoms with Crippen molar-refractivity contribution < 1.29 is 14.3 Å². The summed E-state index contributed by atoms with van der Waals surface area (Å²) in [6.07, 6.45) is 1.58. The molecule has 0 amide bonds. The van der Waals surface area contributed by atoms with E-state index in [1.807, 2.05) is 60.7 Å². The quantitative estimate of drug-likeness (QED) is 0.380. The number of benzene rings is 3. The van der Waals surface area contributed by atoms with Crippen LogP contribution in [0.1, 0.15) is 17.3 Å². The second-order valence-electron chi connectivity index (χ2n) is 6.31. The molecular weight excluding hydrogens is 352 g/mol. The Morgan fingerprint density at radius 2 is 1.89 bits per heavy atom. The van der Waals surface area contributed by atoms with Crippen molar-refractivity contribution >= 4 is 39.0 Å². The first-order valence-corrected chi connectivity index (χ1v) is 9.10. The number of nitrogens with zero attached hydrogens (tertiary/aromatic N) is 1. The van der Waals surface area contributed by atoms with Crippen molar-refractivity contribution in [1.29, 1.82) is 0 Å². The first-order valence-electron chi connectivity index (χ1n) is 9.10. The number of nitrogens with one attached hydrogen (secondary N) is 1. The summed E-state index contributed by atoms with van der Waals surface area (Å²) >= 11 is 0. The van der Waals surface area contributed by atoms with Gasteiger partial charge in [-0.25, -0.2) is 4.79 Å². The number of anilines is 2. The molecule has 1 heterocycles. The Kier molecular flexibility index (Phi) is 4.81. The first-order chi connectivity index (χ1) is 13.7. The van der Waals surface area contributed by atoms with Crippen molar-refractivity contribution in [1.82, 2.24) is 4.98 Å². The minimum Gasteiger partial charge on any atom is -0.497 e. The van der Waals surface area contributed by atoms with Gasteiger partial charge in [-0.05, 0) is 24.4 Å². The van der Waals surface area contributed by atoms with Crippen LogP contribution in [-0.2, 0) is 4.74 Å². The first kappa shape index (κ1) is 17.8. The zero-order valence-corrected chi connectivity index (χ0v) is 15.7. The number of hydrogen-bond acceptors (Lipinski definition) is 5. The molecule has 0 unspecified atom stereocenters. The third kappa shape index (κ3) is 3.22. The maximum absolute atomic E-state index is 12.6. The predicted molar refractivity (Wildman–Crippen MR) is 111 cm³/mol. The molecule has 5 heteroatoms. The number of methoxy groups -OCH3 is 1. The molecule has 0 aliphatic carbocycles. The molecule has 0 spiro atoms. The summed E-state index contributed by atoms with van der Waals surface area (Å²) in [7, 11) is 1.62.